The van der Waals surface area contributed by atoms with Crippen LogP contribution in [0, 0.1) is 0 Å². The third-order valence-corrected chi connectivity index (χ3v) is 0.928. The minimum Gasteiger partial charge on any atom is -0.476 e. The predicted octanol–water partition coefficient (Wildman–Crippen LogP) is -1.35. The van der Waals surface area contributed by atoms with Gasteiger partial charge in [0, 0.05) is 0 Å². The van der Waals surface area contributed by atoms with E-state index < -0.39 is 23.5 Å². The second-order valence-electron chi connectivity index (χ2n) is 1.67. The highest BCUT2D eigenvalue weighted by Crippen LogP contribution is 1.90. The summed E-state index contributed by atoms with van der Waals surface area (Å²) in [5.74, 6) is -3.57. The van der Waals surface area contributed by atoms with Crippen molar-refractivity contribution < 1.29 is 19.5 Å². The Hall–Kier alpha value is -1.85. The lowest BCUT2D eigenvalue weighted by molar-refractivity contribution is -0.135. The first-order valence-electron chi connectivity index (χ1n) is 2.55. The summed E-state index contributed by atoms with van der Waals surface area (Å²) in [7, 11) is 0. The van der Waals surface area contributed by atoms with Crippen LogP contribution >= 0.6 is 0 Å². The number of carbonyl (C=O) groups is 3. The van der Waals surface area contributed by atoms with Crippen LogP contribution in [0.5, 0.6) is 0 Å². The molecule has 0 saturated carbocycles. The smallest absolute Gasteiger partial charge is 0.356 e. The molecule has 1 aliphatic rings. The molecule has 56 valence electrons. The van der Waals surface area contributed by atoms with E-state index in [4.69, 9.17) is 5.11 Å². The molecular weight excluding hydrogens is 152 g/mol. The molecule has 2 amide bonds. The number of rotatable bonds is 1. The lowest BCUT2D eigenvalue weighted by atomic mass is 10.3. The monoisotopic (exact) mass is 154 g/mol. The lowest BCUT2D eigenvalue weighted by Crippen LogP contribution is -2.24. The number of hydrogen-bond donors (Lipinski definition) is 1. The predicted molar refractivity (Wildman–Crippen MR) is 33.6 cm³/mol. The van der Waals surface area contributed by atoms with Crippen molar-refractivity contribution in [2.45, 2.75) is 0 Å². The van der Waals surface area contributed by atoms with Crippen LogP contribution in [0.1, 0.15) is 0 Å². The molecule has 0 spiro atoms. The largest absolute Gasteiger partial charge is 0.476 e. The van der Waals surface area contributed by atoms with E-state index in [1.165, 1.54) is 0 Å². The Morgan fingerprint density at radius 1 is 1.36 bits per heavy atom. The molecule has 0 bridgehead atoms. The van der Waals surface area contributed by atoms with Gasteiger partial charge in [0.05, 0.1) is 6.21 Å². The van der Waals surface area contributed by atoms with Gasteiger partial charge in [0.25, 0.3) is 0 Å². The van der Waals surface area contributed by atoms with E-state index in [9.17, 15) is 14.4 Å². The maximum atomic E-state index is 10.4. The third-order valence-electron chi connectivity index (χ3n) is 0.928. The zero-order valence-electron chi connectivity index (χ0n) is 5.14. The Morgan fingerprint density at radius 2 is 2.00 bits per heavy atom. The molecule has 1 heterocycles. The number of amides is 2. The van der Waals surface area contributed by atoms with Crippen LogP contribution in [0.2, 0.25) is 0 Å². The van der Waals surface area contributed by atoms with Crippen molar-refractivity contribution in [2.24, 2.45) is 9.98 Å². The van der Waals surface area contributed by atoms with E-state index in [1.807, 2.05) is 0 Å². The van der Waals surface area contributed by atoms with Crippen LogP contribution in [0.4, 0.5) is 0 Å². The average molecular weight is 154 g/mol. The molecule has 6 nitrogen and oxygen atoms in total. The van der Waals surface area contributed by atoms with Gasteiger partial charge in [-0.1, -0.05) is 0 Å². The van der Waals surface area contributed by atoms with E-state index in [0.717, 1.165) is 6.21 Å². The molecule has 0 aromatic carbocycles. The summed E-state index contributed by atoms with van der Waals surface area (Å²) in [5.41, 5.74) is -0.519. The van der Waals surface area contributed by atoms with Crippen molar-refractivity contribution in [3.63, 3.8) is 0 Å². The van der Waals surface area contributed by atoms with Crippen molar-refractivity contribution >= 4 is 29.7 Å². The Bertz CT molecular complexity index is 302. The van der Waals surface area contributed by atoms with E-state index in [2.05, 4.69) is 9.98 Å². The molecule has 0 saturated heterocycles. The Labute approximate surface area is 60.3 Å². The average Bonchev–Trinajstić information content (AvgIpc) is 1.94. The number of aliphatic carboxylic acids is 1. The van der Waals surface area contributed by atoms with Gasteiger partial charge in [-0.2, -0.15) is 4.99 Å². The number of aliphatic imine (C=N–C) groups is 2. The number of nitrogens with zero attached hydrogens (tertiary/aromatic N) is 2. The number of hydrogen-bond acceptors (Lipinski definition) is 3. The first-order valence-corrected chi connectivity index (χ1v) is 2.55. The molecule has 0 unspecified atom stereocenters. The topological polar surface area (TPSA) is 96.2 Å². The quantitative estimate of drug-likeness (QED) is 0.472. The van der Waals surface area contributed by atoms with Crippen LogP contribution in [-0.2, 0) is 14.4 Å². The second kappa shape index (κ2) is 2.41. The highest BCUT2D eigenvalue weighted by molar-refractivity contribution is 6.64. The highest BCUT2D eigenvalue weighted by atomic mass is 16.4. The molecule has 11 heavy (non-hydrogen) atoms. The van der Waals surface area contributed by atoms with Gasteiger partial charge in [-0.05, 0) is 0 Å². The number of carboxylic acid groups (broad SMARTS) is 1. The molecule has 0 radical (unpaired) electrons. The van der Waals surface area contributed by atoms with Crippen LogP contribution in [-0.4, -0.2) is 34.8 Å². The molecule has 0 aliphatic carbocycles. The summed E-state index contributed by atoms with van der Waals surface area (Å²) in [5, 5.41) is 8.26. The van der Waals surface area contributed by atoms with Crippen LogP contribution in [0.15, 0.2) is 9.98 Å². The molecule has 0 fully saturated rings. The van der Waals surface area contributed by atoms with Crippen LogP contribution in [0.25, 0.3) is 0 Å². The van der Waals surface area contributed by atoms with Gasteiger partial charge >= 0.3 is 17.8 Å². The SMILES string of the molecule is O=C(O)C1=NC(=O)C(=O)N=C1. The van der Waals surface area contributed by atoms with Gasteiger partial charge in [0.1, 0.15) is 0 Å². The minimum atomic E-state index is -1.38. The molecular formula is C5H2N2O4. The summed E-state index contributed by atoms with van der Waals surface area (Å²) in [6.07, 6.45) is 0.742. The minimum absolute atomic E-state index is 0.519. The van der Waals surface area contributed by atoms with Gasteiger partial charge < -0.3 is 5.11 Å². The second-order valence-corrected chi connectivity index (χ2v) is 1.67. The van der Waals surface area contributed by atoms with E-state index >= 15 is 0 Å². The summed E-state index contributed by atoms with van der Waals surface area (Å²) in [6, 6.07) is 0. The normalized spacial score (nSPS) is 16.5. The lowest BCUT2D eigenvalue weighted by Gasteiger charge is -1.96. The van der Waals surface area contributed by atoms with Crippen LogP contribution in [0.3, 0.4) is 0 Å². The first-order chi connectivity index (χ1) is 5.11. The van der Waals surface area contributed by atoms with Gasteiger partial charge in [0.15, 0.2) is 5.71 Å². The van der Waals surface area contributed by atoms with E-state index in [0.29, 0.717) is 0 Å². The molecule has 1 rings (SSSR count). The van der Waals surface area contributed by atoms with Crippen molar-refractivity contribution in [2.75, 3.05) is 0 Å². The maximum absolute atomic E-state index is 10.4. The first kappa shape index (κ1) is 7.26. The van der Waals surface area contributed by atoms with Gasteiger partial charge in [-0.15, -0.1) is 0 Å². The number of carboxylic acids is 1. The molecule has 0 aromatic heterocycles. The Balaban J connectivity index is 2.98. The summed E-state index contributed by atoms with van der Waals surface area (Å²) >= 11 is 0. The van der Waals surface area contributed by atoms with Gasteiger partial charge in [0.2, 0.25) is 0 Å². The van der Waals surface area contributed by atoms with Gasteiger partial charge in [-0.25, -0.2) is 9.79 Å². The van der Waals surface area contributed by atoms with Crippen LogP contribution < -0.4 is 0 Å². The fraction of sp³-hybridized carbons (Fsp3) is 0. The fourth-order valence-corrected chi connectivity index (χ4v) is 0.464. The Morgan fingerprint density at radius 3 is 2.45 bits per heavy atom. The van der Waals surface area contributed by atoms with Crippen molar-refractivity contribution in [1.29, 1.82) is 0 Å². The fourth-order valence-electron chi connectivity index (χ4n) is 0.464. The molecule has 6 heteroatoms. The summed E-state index contributed by atoms with van der Waals surface area (Å²) < 4.78 is 0. The molecule has 0 aromatic rings. The zero-order chi connectivity index (χ0) is 8.43. The molecule has 1 aliphatic heterocycles. The maximum Gasteiger partial charge on any atom is 0.356 e. The number of carbonyl (C=O) groups excluding carboxylic acids is 2. The summed E-state index contributed by atoms with van der Waals surface area (Å²) in [6.45, 7) is 0. The molecule has 1 N–H and O–H groups in total. The third kappa shape index (κ3) is 1.34. The summed E-state index contributed by atoms with van der Waals surface area (Å²) in [4.78, 5) is 36.8. The van der Waals surface area contributed by atoms with Crippen molar-refractivity contribution in [1.82, 2.24) is 0 Å². The highest BCUT2D eigenvalue weighted by Gasteiger charge is 2.20. The standard InChI is InChI=1S/C5H2N2O4/c8-3-4(9)7-2(1-6-3)5(10)11/h1H,(H,10,11). The van der Waals surface area contributed by atoms with Crippen molar-refractivity contribution in [3.8, 4) is 0 Å². The van der Waals surface area contributed by atoms with E-state index in [-0.39, 0.29) is 0 Å². The molecule has 0 atom stereocenters. The Kier molecular flexibility index (Phi) is 1.59. The van der Waals surface area contributed by atoms with Crippen molar-refractivity contribution in [3.05, 3.63) is 0 Å². The van der Waals surface area contributed by atoms with Gasteiger partial charge in [-0.3, -0.25) is 9.59 Å². The zero-order valence-corrected chi connectivity index (χ0v) is 5.14. The van der Waals surface area contributed by atoms with E-state index in [1.54, 1.807) is 0 Å².